The van der Waals surface area contributed by atoms with Gasteiger partial charge in [0.05, 0.1) is 10.9 Å². The third kappa shape index (κ3) is 5.63. The summed E-state index contributed by atoms with van der Waals surface area (Å²) in [4.78, 5) is 18.1. The van der Waals surface area contributed by atoms with Gasteiger partial charge in [-0.15, -0.1) is 0 Å². The molecule has 0 bridgehead atoms. The van der Waals surface area contributed by atoms with Gasteiger partial charge < -0.3 is 24.2 Å². The first-order valence-electron chi connectivity index (χ1n) is 16.4. The van der Waals surface area contributed by atoms with Gasteiger partial charge in [0.15, 0.2) is 12.1 Å². The number of fused-ring (bicyclic) bond motifs is 3. The van der Waals surface area contributed by atoms with Gasteiger partial charge in [0, 0.05) is 58.0 Å². The lowest BCUT2D eigenvalue weighted by Gasteiger charge is -2.36. The number of anilines is 1. The Balaban J connectivity index is 1.33. The molecule has 0 radical (unpaired) electrons. The quantitative estimate of drug-likeness (QED) is 0.213. The Kier molecular flexibility index (Phi) is 8.60. The van der Waals surface area contributed by atoms with Crippen molar-refractivity contribution in [1.29, 1.82) is 0 Å². The first-order valence-corrected chi connectivity index (χ1v) is 16.4. The van der Waals surface area contributed by atoms with Crippen LogP contribution < -0.4 is 9.64 Å². The largest absolute Gasteiger partial charge is 0.508 e. The highest BCUT2D eigenvalue weighted by molar-refractivity contribution is 6.01. The number of piperidine rings is 1. The van der Waals surface area contributed by atoms with E-state index in [9.17, 15) is 13.9 Å². The molecule has 3 aliphatic heterocycles. The second-order valence-electron chi connectivity index (χ2n) is 13.0. The van der Waals surface area contributed by atoms with E-state index < -0.39 is 23.3 Å². The van der Waals surface area contributed by atoms with Gasteiger partial charge in [0.2, 0.25) is 0 Å². The van der Waals surface area contributed by atoms with Crippen molar-refractivity contribution in [2.24, 2.45) is 5.92 Å². The minimum Gasteiger partial charge on any atom is -0.508 e. The van der Waals surface area contributed by atoms with Gasteiger partial charge in [0.1, 0.15) is 41.4 Å². The van der Waals surface area contributed by atoms with E-state index in [4.69, 9.17) is 19.2 Å². The molecule has 4 aromatic rings. The number of aryl methyl sites for hydroxylation is 1. The van der Waals surface area contributed by atoms with E-state index >= 15 is 4.39 Å². The third-order valence-electron chi connectivity index (χ3n) is 10.3. The van der Waals surface area contributed by atoms with Crippen molar-refractivity contribution in [2.45, 2.75) is 63.4 Å². The molecule has 2 aromatic heterocycles. The molecule has 12 heteroatoms. The summed E-state index contributed by atoms with van der Waals surface area (Å²) >= 11 is 0. The SMILES string of the molecule is CCc1c(F)ccc2cc(O)cc(-c3ncc4c(N5CCC(C(OC)OC)CC5)nc(OC[C@@]56CCCN5C[C@H](F)C6)nc4c3F)c12. The molecule has 250 valence electrons. The predicted octanol–water partition coefficient (Wildman–Crippen LogP) is 6.18. The van der Waals surface area contributed by atoms with Crippen molar-refractivity contribution in [3.63, 3.8) is 0 Å². The molecule has 0 amide bonds. The Morgan fingerprint density at radius 3 is 2.62 bits per heavy atom. The number of hydrogen-bond donors (Lipinski definition) is 1. The minimum absolute atomic E-state index is 0.00178. The number of methoxy groups -OCH3 is 2. The number of hydrogen-bond acceptors (Lipinski definition) is 9. The van der Waals surface area contributed by atoms with E-state index in [0.717, 1.165) is 32.2 Å². The Morgan fingerprint density at radius 2 is 1.87 bits per heavy atom. The monoisotopic (exact) mass is 651 g/mol. The molecule has 0 saturated carbocycles. The molecule has 5 heterocycles. The maximum atomic E-state index is 16.9. The number of aromatic hydroxyl groups is 1. The zero-order valence-electron chi connectivity index (χ0n) is 26.9. The average molecular weight is 652 g/mol. The molecule has 47 heavy (non-hydrogen) atoms. The molecule has 0 spiro atoms. The van der Waals surface area contributed by atoms with Crippen molar-refractivity contribution in [1.82, 2.24) is 19.9 Å². The summed E-state index contributed by atoms with van der Waals surface area (Å²) in [6.07, 6.45) is 4.33. The molecule has 2 atom stereocenters. The number of aromatic nitrogens is 3. The van der Waals surface area contributed by atoms with Gasteiger partial charge in [-0.3, -0.25) is 9.88 Å². The van der Waals surface area contributed by atoms with Gasteiger partial charge >= 0.3 is 6.01 Å². The number of nitrogens with zero attached hydrogens (tertiary/aromatic N) is 5. The van der Waals surface area contributed by atoms with Gasteiger partial charge in [-0.2, -0.15) is 9.97 Å². The fraction of sp³-hybridized carbons (Fsp3) is 0.514. The average Bonchev–Trinajstić information content (AvgIpc) is 3.60. The smallest absolute Gasteiger partial charge is 0.319 e. The van der Waals surface area contributed by atoms with E-state index in [1.54, 1.807) is 20.3 Å². The first kappa shape index (κ1) is 31.8. The summed E-state index contributed by atoms with van der Waals surface area (Å²) in [6, 6.07) is 5.85. The number of rotatable bonds is 9. The summed E-state index contributed by atoms with van der Waals surface area (Å²) < 4.78 is 63.6. The van der Waals surface area contributed by atoms with Crippen LogP contribution in [0.15, 0.2) is 30.5 Å². The molecule has 9 nitrogen and oxygen atoms in total. The Bertz CT molecular complexity index is 1800. The number of phenolic OH excluding ortho intramolecular Hbond substituents is 1. The van der Waals surface area contributed by atoms with Crippen molar-refractivity contribution in [2.75, 3.05) is 51.9 Å². The lowest BCUT2D eigenvalue weighted by molar-refractivity contribution is -0.141. The maximum Gasteiger partial charge on any atom is 0.319 e. The molecular weight excluding hydrogens is 611 g/mol. The van der Waals surface area contributed by atoms with Crippen LogP contribution in [0, 0.1) is 17.6 Å². The van der Waals surface area contributed by atoms with E-state index in [0.29, 0.717) is 60.0 Å². The van der Waals surface area contributed by atoms with Crippen LogP contribution in [0.3, 0.4) is 0 Å². The van der Waals surface area contributed by atoms with Crippen LogP contribution in [-0.2, 0) is 15.9 Å². The fourth-order valence-electron chi connectivity index (χ4n) is 8.06. The summed E-state index contributed by atoms with van der Waals surface area (Å²) in [5.41, 5.74) is 0.180. The molecule has 7 rings (SSSR count). The number of halogens is 3. The highest BCUT2D eigenvalue weighted by Crippen LogP contribution is 2.42. The summed E-state index contributed by atoms with van der Waals surface area (Å²) in [7, 11) is 3.25. The van der Waals surface area contributed by atoms with Crippen LogP contribution in [0.4, 0.5) is 19.0 Å². The van der Waals surface area contributed by atoms with Gasteiger partial charge in [0.25, 0.3) is 0 Å². The summed E-state index contributed by atoms with van der Waals surface area (Å²) in [6.45, 7) is 4.44. The molecule has 0 aliphatic carbocycles. The zero-order chi connectivity index (χ0) is 32.9. The minimum atomic E-state index is -0.919. The molecule has 3 saturated heterocycles. The standard InChI is InChI=1S/C35H40F3N5O4/c1-4-24-27(37)7-6-21-14-23(44)15-25(28(21)24)30-29(38)31-26(17-39-30)32(42-12-8-20(9-13-42)33(45-2)46-3)41-34(40-31)47-19-35-10-5-11-43(35)18-22(36)16-35/h6-7,14-15,17,20,22,33,44H,4-5,8-13,16,18-19H2,1-3H3/t22-,35+/m1/s1. The van der Waals surface area contributed by atoms with Crippen molar-refractivity contribution >= 4 is 27.5 Å². The topological polar surface area (TPSA) is 93.1 Å². The predicted molar refractivity (Wildman–Crippen MR) is 173 cm³/mol. The summed E-state index contributed by atoms with van der Waals surface area (Å²) in [5.74, 6) is -0.560. The number of alkyl halides is 1. The number of phenols is 1. The van der Waals surface area contributed by atoms with Gasteiger partial charge in [-0.1, -0.05) is 13.0 Å². The number of ether oxygens (including phenoxy) is 3. The molecule has 3 aliphatic rings. The highest BCUT2D eigenvalue weighted by atomic mass is 19.1. The van der Waals surface area contributed by atoms with Crippen molar-refractivity contribution in [3.8, 4) is 23.0 Å². The van der Waals surface area contributed by atoms with Crippen molar-refractivity contribution in [3.05, 3.63) is 47.7 Å². The fourth-order valence-corrected chi connectivity index (χ4v) is 8.06. The normalized spacial score (nSPS) is 22.2. The second-order valence-corrected chi connectivity index (χ2v) is 13.0. The molecular formula is C35H40F3N5O4. The van der Waals surface area contributed by atoms with E-state index in [1.807, 2.05) is 6.92 Å². The van der Waals surface area contributed by atoms with Crippen LogP contribution in [0.25, 0.3) is 32.9 Å². The van der Waals surface area contributed by atoms with Crippen LogP contribution in [0.5, 0.6) is 11.8 Å². The lowest BCUT2D eigenvalue weighted by atomic mass is 9.94. The van der Waals surface area contributed by atoms with E-state index in [1.165, 1.54) is 24.4 Å². The highest BCUT2D eigenvalue weighted by Gasteiger charge is 2.49. The summed E-state index contributed by atoms with van der Waals surface area (Å²) in [5, 5.41) is 12.0. The van der Waals surface area contributed by atoms with Crippen LogP contribution in [0.1, 0.15) is 44.6 Å². The number of pyridine rings is 1. The molecule has 0 unspecified atom stereocenters. The first-order chi connectivity index (χ1) is 22.7. The maximum absolute atomic E-state index is 16.9. The Hall–Kier alpha value is -3.74. The zero-order valence-corrected chi connectivity index (χ0v) is 26.9. The third-order valence-corrected chi connectivity index (χ3v) is 10.3. The second kappa shape index (κ2) is 12.7. The van der Waals surface area contributed by atoms with Gasteiger partial charge in [-0.05, 0) is 73.2 Å². The molecule has 3 fully saturated rings. The van der Waals surface area contributed by atoms with E-state index in [-0.39, 0.29) is 47.3 Å². The Morgan fingerprint density at radius 1 is 1.09 bits per heavy atom. The van der Waals surface area contributed by atoms with Gasteiger partial charge in [-0.25, -0.2) is 13.2 Å². The van der Waals surface area contributed by atoms with Crippen molar-refractivity contribution < 1.29 is 32.5 Å². The van der Waals surface area contributed by atoms with Crippen LogP contribution in [-0.4, -0.2) is 90.0 Å². The van der Waals surface area contributed by atoms with Crippen LogP contribution in [0.2, 0.25) is 0 Å². The van der Waals surface area contributed by atoms with E-state index in [2.05, 4.69) is 19.8 Å². The number of benzene rings is 2. The molecule has 2 aromatic carbocycles. The Labute approximate surface area is 271 Å². The van der Waals surface area contributed by atoms with Crippen LogP contribution >= 0.6 is 0 Å². The molecule has 1 N–H and O–H groups in total. The lowest BCUT2D eigenvalue weighted by Crippen LogP contribution is -2.43.